The molecule has 0 aliphatic heterocycles. The van der Waals surface area contributed by atoms with E-state index in [4.69, 9.17) is 11.6 Å². The third-order valence-corrected chi connectivity index (χ3v) is 3.59. The molecule has 1 unspecified atom stereocenters. The van der Waals surface area contributed by atoms with Crippen LogP contribution >= 0.6 is 11.6 Å². The largest absolute Gasteiger partial charge is 0.354 e. The Bertz CT molecular complexity index is 456. The number of hydrogen-bond donors (Lipinski definition) is 2. The fourth-order valence-corrected chi connectivity index (χ4v) is 2.17. The maximum atomic E-state index is 11.9. The van der Waals surface area contributed by atoms with Crippen LogP contribution in [-0.4, -0.2) is 28.3 Å². The van der Waals surface area contributed by atoms with Crippen LogP contribution in [0.1, 0.15) is 39.1 Å². The number of nitrogens with one attached hydrogen (secondary N) is 2. The summed E-state index contributed by atoms with van der Waals surface area (Å²) in [6, 6.07) is -0.259. The molecule has 20 heavy (non-hydrogen) atoms. The van der Waals surface area contributed by atoms with Gasteiger partial charge in [-0.2, -0.15) is 5.10 Å². The number of amides is 1. The number of carbonyl (C=O) groups excluding carboxylic acids is 1. The summed E-state index contributed by atoms with van der Waals surface area (Å²) in [5.41, 5.74) is 1.80. The van der Waals surface area contributed by atoms with Crippen LogP contribution in [0.15, 0.2) is 0 Å². The van der Waals surface area contributed by atoms with Crippen LogP contribution < -0.4 is 10.6 Å². The van der Waals surface area contributed by atoms with E-state index in [-0.39, 0.29) is 11.9 Å². The van der Waals surface area contributed by atoms with Crippen molar-refractivity contribution in [3.63, 3.8) is 0 Å². The summed E-state index contributed by atoms with van der Waals surface area (Å²) >= 11 is 6.27. The van der Waals surface area contributed by atoms with Gasteiger partial charge in [0.05, 0.1) is 22.5 Å². The van der Waals surface area contributed by atoms with Crippen molar-refractivity contribution in [1.82, 2.24) is 20.4 Å². The van der Waals surface area contributed by atoms with Crippen molar-refractivity contribution >= 4 is 17.5 Å². The van der Waals surface area contributed by atoms with Crippen molar-refractivity contribution in [2.24, 2.45) is 13.0 Å². The molecule has 1 rings (SSSR count). The number of rotatable bonds is 7. The third-order valence-electron chi connectivity index (χ3n) is 3.16. The lowest BCUT2D eigenvalue weighted by Crippen LogP contribution is -2.43. The molecule has 0 saturated heterocycles. The Morgan fingerprint density at radius 1 is 1.40 bits per heavy atom. The first-order valence-corrected chi connectivity index (χ1v) is 7.45. The summed E-state index contributed by atoms with van der Waals surface area (Å²) < 4.78 is 1.77. The smallest absolute Gasteiger partial charge is 0.236 e. The first kappa shape index (κ1) is 17.0. The van der Waals surface area contributed by atoms with Crippen molar-refractivity contribution in [1.29, 1.82) is 0 Å². The highest BCUT2D eigenvalue weighted by atomic mass is 35.5. The van der Waals surface area contributed by atoms with Gasteiger partial charge in [-0.25, -0.2) is 0 Å². The van der Waals surface area contributed by atoms with E-state index in [0.717, 1.165) is 17.8 Å². The predicted octanol–water partition coefficient (Wildman–Crippen LogP) is 1.89. The summed E-state index contributed by atoms with van der Waals surface area (Å²) in [5.74, 6) is 0.456. The van der Waals surface area contributed by atoms with E-state index < -0.39 is 0 Å². The molecular formula is C14H25ClN4O. The number of nitrogens with zero attached hydrogens (tertiary/aromatic N) is 2. The van der Waals surface area contributed by atoms with Gasteiger partial charge >= 0.3 is 0 Å². The zero-order chi connectivity index (χ0) is 15.3. The summed E-state index contributed by atoms with van der Waals surface area (Å²) in [5, 5.41) is 11.1. The lowest BCUT2D eigenvalue weighted by Gasteiger charge is -2.15. The van der Waals surface area contributed by atoms with Gasteiger partial charge in [-0.3, -0.25) is 9.48 Å². The fourth-order valence-electron chi connectivity index (χ4n) is 1.81. The number of aryl methyl sites for hydroxylation is 2. The number of halogens is 1. The van der Waals surface area contributed by atoms with Crippen molar-refractivity contribution < 1.29 is 4.79 Å². The van der Waals surface area contributed by atoms with E-state index >= 15 is 0 Å². The molecule has 1 atom stereocenters. The van der Waals surface area contributed by atoms with E-state index in [9.17, 15) is 4.79 Å². The Morgan fingerprint density at radius 3 is 2.55 bits per heavy atom. The SMILES string of the molecule is CCc1nn(C)c(CNC(C)C(=O)NCC(C)C)c1Cl. The van der Waals surface area contributed by atoms with Crippen molar-refractivity contribution in [2.75, 3.05) is 6.54 Å². The van der Waals surface area contributed by atoms with Gasteiger partial charge in [-0.1, -0.05) is 32.4 Å². The topological polar surface area (TPSA) is 59.0 Å². The van der Waals surface area contributed by atoms with Crippen molar-refractivity contribution in [2.45, 2.75) is 46.7 Å². The number of carbonyl (C=O) groups is 1. The van der Waals surface area contributed by atoms with Gasteiger partial charge in [0.1, 0.15) is 0 Å². The number of aromatic nitrogens is 2. The van der Waals surface area contributed by atoms with Crippen molar-refractivity contribution in [3.8, 4) is 0 Å². The molecule has 2 N–H and O–H groups in total. The first-order valence-electron chi connectivity index (χ1n) is 7.08. The quantitative estimate of drug-likeness (QED) is 0.808. The molecule has 114 valence electrons. The minimum Gasteiger partial charge on any atom is -0.354 e. The van der Waals surface area contributed by atoms with Gasteiger partial charge in [0.2, 0.25) is 5.91 Å². The average Bonchev–Trinajstić information content (AvgIpc) is 2.68. The van der Waals surface area contributed by atoms with Crippen molar-refractivity contribution in [3.05, 3.63) is 16.4 Å². The molecule has 0 spiro atoms. The van der Waals surface area contributed by atoms with Gasteiger partial charge in [-0.05, 0) is 19.3 Å². The summed E-state index contributed by atoms with van der Waals surface area (Å²) in [6.07, 6.45) is 0.803. The predicted molar refractivity (Wildman–Crippen MR) is 81.7 cm³/mol. The minimum absolute atomic E-state index is 0.00714. The molecule has 1 amide bonds. The van der Waals surface area contributed by atoms with Crippen LogP contribution in [0.2, 0.25) is 5.02 Å². The molecule has 0 aliphatic rings. The molecule has 0 aliphatic carbocycles. The van der Waals surface area contributed by atoms with Crippen LogP contribution in [0.3, 0.4) is 0 Å². The normalized spacial score (nSPS) is 12.8. The van der Waals surface area contributed by atoms with E-state index in [1.54, 1.807) is 4.68 Å². The van der Waals surface area contributed by atoms with Crippen LogP contribution in [0.4, 0.5) is 0 Å². The lowest BCUT2D eigenvalue weighted by atomic mass is 10.2. The summed E-state index contributed by atoms with van der Waals surface area (Å²) in [4.78, 5) is 11.9. The van der Waals surface area contributed by atoms with Crippen LogP contribution in [0, 0.1) is 5.92 Å². The monoisotopic (exact) mass is 300 g/mol. The second kappa shape index (κ2) is 7.64. The molecule has 0 saturated carbocycles. The maximum Gasteiger partial charge on any atom is 0.236 e. The molecule has 1 heterocycles. The van der Waals surface area contributed by atoms with E-state index in [1.165, 1.54) is 0 Å². The van der Waals surface area contributed by atoms with Gasteiger partial charge in [0, 0.05) is 20.1 Å². The Balaban J connectivity index is 2.54. The van der Waals surface area contributed by atoms with E-state index in [2.05, 4.69) is 29.6 Å². The van der Waals surface area contributed by atoms with Gasteiger partial charge in [0.25, 0.3) is 0 Å². The van der Waals surface area contributed by atoms with Crippen LogP contribution in [-0.2, 0) is 24.8 Å². The highest BCUT2D eigenvalue weighted by Crippen LogP contribution is 2.20. The highest BCUT2D eigenvalue weighted by Gasteiger charge is 2.16. The molecule has 0 bridgehead atoms. The molecule has 0 aromatic carbocycles. The third kappa shape index (κ3) is 4.49. The molecule has 1 aromatic rings. The van der Waals surface area contributed by atoms with Gasteiger partial charge in [-0.15, -0.1) is 0 Å². The van der Waals surface area contributed by atoms with Gasteiger partial charge in [0.15, 0.2) is 0 Å². The Kier molecular flexibility index (Phi) is 6.49. The second-order valence-corrected chi connectivity index (χ2v) is 5.80. The van der Waals surface area contributed by atoms with E-state index in [1.807, 2.05) is 20.9 Å². The summed E-state index contributed by atoms with van der Waals surface area (Å²) in [6.45, 7) is 9.23. The molecule has 0 radical (unpaired) electrons. The number of hydrogen-bond acceptors (Lipinski definition) is 3. The van der Waals surface area contributed by atoms with E-state index in [0.29, 0.717) is 24.0 Å². The Morgan fingerprint density at radius 2 is 2.05 bits per heavy atom. The molecule has 6 heteroatoms. The maximum absolute atomic E-state index is 11.9. The second-order valence-electron chi connectivity index (χ2n) is 5.43. The average molecular weight is 301 g/mol. The zero-order valence-corrected chi connectivity index (χ0v) is 13.7. The molecule has 1 aromatic heterocycles. The minimum atomic E-state index is -0.259. The Hall–Kier alpha value is -1.07. The fraction of sp³-hybridized carbons (Fsp3) is 0.714. The first-order chi connectivity index (χ1) is 9.36. The highest BCUT2D eigenvalue weighted by molar-refractivity contribution is 6.31. The standard InChI is InChI=1S/C14H25ClN4O/c1-6-11-13(15)12(19(5)18-11)8-16-10(4)14(20)17-7-9(2)3/h9-10,16H,6-8H2,1-5H3,(H,17,20). The van der Waals surface area contributed by atoms with Crippen LogP contribution in [0.25, 0.3) is 0 Å². The summed E-state index contributed by atoms with van der Waals surface area (Å²) in [7, 11) is 1.87. The molecule has 0 fully saturated rings. The molecule has 5 nitrogen and oxygen atoms in total. The zero-order valence-electron chi connectivity index (χ0n) is 13.0. The molecular weight excluding hydrogens is 276 g/mol. The van der Waals surface area contributed by atoms with Crippen LogP contribution in [0.5, 0.6) is 0 Å². The lowest BCUT2D eigenvalue weighted by molar-refractivity contribution is -0.122. The van der Waals surface area contributed by atoms with Gasteiger partial charge < -0.3 is 10.6 Å². The Labute approximate surface area is 126 Å².